The van der Waals surface area contributed by atoms with Crippen LogP contribution in [-0.2, 0) is 17.9 Å². The predicted octanol–water partition coefficient (Wildman–Crippen LogP) is 8.17. The van der Waals surface area contributed by atoms with Crippen LogP contribution in [0.3, 0.4) is 0 Å². The van der Waals surface area contributed by atoms with E-state index in [2.05, 4.69) is 15.6 Å². The summed E-state index contributed by atoms with van der Waals surface area (Å²) in [4.78, 5) is 31.1. The van der Waals surface area contributed by atoms with Gasteiger partial charge in [0.15, 0.2) is 5.67 Å². The van der Waals surface area contributed by atoms with Gasteiger partial charge >= 0.3 is 6.18 Å². The van der Waals surface area contributed by atoms with Gasteiger partial charge in [-0.25, -0.2) is 13.8 Å². The van der Waals surface area contributed by atoms with Crippen LogP contribution >= 0.6 is 34.8 Å². The van der Waals surface area contributed by atoms with Crippen LogP contribution in [0.2, 0.25) is 15.1 Å². The normalized spacial score (nSPS) is 14.4. The second kappa shape index (κ2) is 13.6. The molecule has 0 saturated carbocycles. The third-order valence-electron chi connectivity index (χ3n) is 8.14. The Hall–Kier alpha value is -3.81. The van der Waals surface area contributed by atoms with Crippen molar-refractivity contribution in [1.82, 2.24) is 14.9 Å². The summed E-state index contributed by atoms with van der Waals surface area (Å²) in [5, 5.41) is 5.76. The number of nitrogens with zero attached hydrogens (tertiary/aromatic N) is 3. The number of alkyl halides is 4. The Balaban J connectivity index is 1.59. The SMILES string of the molecule is CC(C)(F)C(=O)NCc1ccc(Cl)c(Nc2nc3cc(C(N)=O)c(N4CCC(C(F)(F)F)CC4)cc3n2Cc2ccc(F)c(Cl)c2)c1Cl. The number of nitrogens with two attached hydrogens (primary N) is 1. The molecule has 48 heavy (non-hydrogen) atoms. The van der Waals surface area contributed by atoms with E-state index in [9.17, 15) is 31.5 Å². The lowest BCUT2D eigenvalue weighted by molar-refractivity contribution is -0.179. The van der Waals surface area contributed by atoms with E-state index >= 15 is 0 Å². The molecule has 0 aliphatic carbocycles. The average Bonchev–Trinajstić information content (AvgIpc) is 3.34. The van der Waals surface area contributed by atoms with Gasteiger partial charge in [0.1, 0.15) is 5.82 Å². The molecule has 256 valence electrons. The van der Waals surface area contributed by atoms with Crippen molar-refractivity contribution in [2.24, 2.45) is 11.7 Å². The Labute approximate surface area is 287 Å². The smallest absolute Gasteiger partial charge is 0.371 e. The fraction of sp³-hybridized carbons (Fsp3) is 0.344. The molecule has 1 aliphatic rings. The van der Waals surface area contributed by atoms with Crippen LogP contribution < -0.4 is 21.3 Å². The quantitative estimate of drug-likeness (QED) is 0.151. The van der Waals surface area contributed by atoms with Crippen LogP contribution in [-0.4, -0.2) is 46.3 Å². The van der Waals surface area contributed by atoms with Gasteiger partial charge in [0, 0.05) is 19.6 Å². The van der Waals surface area contributed by atoms with Crippen molar-refractivity contribution in [3.05, 3.63) is 80.0 Å². The summed E-state index contributed by atoms with van der Waals surface area (Å²) in [5.74, 6) is -3.55. The predicted molar refractivity (Wildman–Crippen MR) is 177 cm³/mol. The molecule has 0 unspecified atom stereocenters. The fourth-order valence-electron chi connectivity index (χ4n) is 5.49. The number of halogens is 8. The molecule has 16 heteroatoms. The standard InChI is InChI=1S/C32H30Cl3F5N6O2/c1-31(2,37)29(48)42-14-17-4-5-20(33)27(26(17)35)44-30-43-23-12-19(28(41)47)24(45-9-7-18(8-10-45)32(38,39)40)13-25(23)46(30)15-16-3-6-22(36)21(34)11-16/h3-6,11-13,18H,7-10,14-15H2,1-2H3,(H2,41,47)(H,42,48)(H,43,44). The molecule has 5 rings (SSSR count). The zero-order valence-electron chi connectivity index (χ0n) is 25.6. The van der Waals surface area contributed by atoms with Crippen LogP contribution in [0.4, 0.5) is 39.3 Å². The summed E-state index contributed by atoms with van der Waals surface area (Å²) in [6.45, 7) is 2.28. The number of rotatable bonds is 9. The minimum atomic E-state index is -4.33. The van der Waals surface area contributed by atoms with Crippen molar-refractivity contribution in [1.29, 1.82) is 0 Å². The Morgan fingerprint density at radius 3 is 2.29 bits per heavy atom. The van der Waals surface area contributed by atoms with E-state index in [1.54, 1.807) is 21.6 Å². The van der Waals surface area contributed by atoms with Crippen LogP contribution in [0.1, 0.15) is 48.2 Å². The number of anilines is 3. The highest BCUT2D eigenvalue weighted by Crippen LogP contribution is 2.40. The lowest BCUT2D eigenvalue weighted by Gasteiger charge is -2.35. The summed E-state index contributed by atoms with van der Waals surface area (Å²) in [6.07, 6.45) is -4.64. The van der Waals surface area contributed by atoms with E-state index in [-0.39, 0.29) is 71.3 Å². The van der Waals surface area contributed by atoms with Crippen LogP contribution in [0, 0.1) is 11.7 Å². The second-order valence-corrected chi connectivity index (χ2v) is 13.2. The third-order valence-corrected chi connectivity index (χ3v) is 9.18. The summed E-state index contributed by atoms with van der Waals surface area (Å²) in [7, 11) is 0. The van der Waals surface area contributed by atoms with Gasteiger partial charge in [-0.05, 0) is 68.1 Å². The molecule has 1 fully saturated rings. The number of carbonyl (C=O) groups excluding carboxylic acids is 2. The van der Waals surface area contributed by atoms with E-state index in [0.717, 1.165) is 13.8 Å². The molecule has 1 aromatic heterocycles. The number of imidazole rings is 1. The number of fused-ring (bicyclic) bond motifs is 1. The first kappa shape index (κ1) is 35.5. The lowest BCUT2D eigenvalue weighted by atomic mass is 9.95. The summed E-state index contributed by atoms with van der Waals surface area (Å²) < 4.78 is 70.0. The van der Waals surface area contributed by atoms with E-state index in [1.165, 1.54) is 30.3 Å². The molecule has 4 N–H and O–H groups in total. The summed E-state index contributed by atoms with van der Waals surface area (Å²) in [5.41, 5.74) is 5.95. The van der Waals surface area contributed by atoms with Gasteiger partial charge in [0.25, 0.3) is 11.8 Å². The van der Waals surface area contributed by atoms with Crippen molar-refractivity contribution >= 4 is 75.0 Å². The molecule has 0 spiro atoms. The number of benzene rings is 3. The van der Waals surface area contributed by atoms with Gasteiger partial charge in [-0.2, -0.15) is 13.2 Å². The summed E-state index contributed by atoms with van der Waals surface area (Å²) in [6, 6.07) is 10.3. The average molecular weight is 732 g/mol. The molecule has 8 nitrogen and oxygen atoms in total. The van der Waals surface area contributed by atoms with Crippen molar-refractivity contribution in [2.75, 3.05) is 23.3 Å². The fourth-order valence-corrected chi connectivity index (χ4v) is 6.22. The molecule has 0 radical (unpaired) electrons. The van der Waals surface area contributed by atoms with Crippen molar-refractivity contribution in [3.8, 4) is 0 Å². The number of primary amides is 1. The van der Waals surface area contributed by atoms with Crippen LogP contribution in [0.5, 0.6) is 0 Å². The molecular formula is C32H30Cl3F5N6O2. The molecule has 0 bridgehead atoms. The zero-order chi connectivity index (χ0) is 35.1. The van der Waals surface area contributed by atoms with Crippen molar-refractivity contribution in [2.45, 2.75) is 51.6 Å². The topological polar surface area (TPSA) is 105 Å². The minimum absolute atomic E-state index is 0.0386. The lowest BCUT2D eigenvalue weighted by Crippen LogP contribution is -2.39. The number of hydrogen-bond donors (Lipinski definition) is 3. The van der Waals surface area contributed by atoms with Gasteiger partial charge in [-0.1, -0.05) is 46.9 Å². The maximum atomic E-state index is 14.1. The maximum Gasteiger partial charge on any atom is 0.391 e. The van der Waals surface area contributed by atoms with Crippen LogP contribution in [0.25, 0.3) is 11.0 Å². The minimum Gasteiger partial charge on any atom is -0.371 e. The zero-order valence-corrected chi connectivity index (χ0v) is 27.9. The first-order valence-corrected chi connectivity index (χ1v) is 15.9. The highest BCUT2D eigenvalue weighted by molar-refractivity contribution is 6.39. The molecule has 0 atom stereocenters. The Morgan fingerprint density at radius 1 is 1.00 bits per heavy atom. The Bertz CT molecular complexity index is 1890. The Kier molecular flexibility index (Phi) is 10.1. The number of amides is 2. The van der Waals surface area contributed by atoms with Crippen LogP contribution in [0.15, 0.2) is 42.5 Å². The van der Waals surface area contributed by atoms with Gasteiger partial charge in [-0.15, -0.1) is 0 Å². The second-order valence-electron chi connectivity index (χ2n) is 12.0. The number of aromatic nitrogens is 2. The first-order chi connectivity index (χ1) is 22.4. The maximum absolute atomic E-state index is 14.1. The molecular weight excluding hydrogens is 702 g/mol. The third kappa shape index (κ3) is 7.58. The molecule has 1 aliphatic heterocycles. The van der Waals surface area contributed by atoms with E-state index in [1.807, 2.05) is 0 Å². The molecule has 2 heterocycles. The summed E-state index contributed by atoms with van der Waals surface area (Å²) >= 11 is 19.3. The Morgan fingerprint density at radius 2 is 1.69 bits per heavy atom. The molecule has 1 saturated heterocycles. The van der Waals surface area contributed by atoms with Gasteiger partial charge < -0.3 is 25.8 Å². The highest BCUT2D eigenvalue weighted by atomic mass is 35.5. The molecule has 3 aromatic carbocycles. The van der Waals surface area contributed by atoms with Crippen molar-refractivity contribution in [3.63, 3.8) is 0 Å². The van der Waals surface area contributed by atoms with Crippen molar-refractivity contribution < 1.29 is 31.5 Å². The molecule has 2 amide bonds. The number of carbonyl (C=O) groups is 2. The largest absolute Gasteiger partial charge is 0.391 e. The van der Waals surface area contributed by atoms with Gasteiger partial charge in [-0.3, -0.25) is 9.59 Å². The van der Waals surface area contributed by atoms with Gasteiger partial charge in [0.2, 0.25) is 5.95 Å². The number of nitrogens with one attached hydrogen (secondary N) is 2. The molecule has 4 aromatic rings. The van der Waals surface area contributed by atoms with Gasteiger partial charge in [0.05, 0.1) is 55.5 Å². The highest BCUT2D eigenvalue weighted by Gasteiger charge is 2.41. The van der Waals surface area contributed by atoms with E-state index in [4.69, 9.17) is 40.5 Å². The van der Waals surface area contributed by atoms with E-state index < -0.39 is 35.4 Å². The first-order valence-electron chi connectivity index (χ1n) is 14.7. The van der Waals surface area contributed by atoms with E-state index in [0.29, 0.717) is 27.8 Å². The number of piperidine rings is 1. The number of hydrogen-bond acceptors (Lipinski definition) is 5. The monoisotopic (exact) mass is 730 g/mol.